The van der Waals surface area contributed by atoms with Gasteiger partial charge in [0.05, 0.1) is 18.6 Å². The van der Waals surface area contributed by atoms with Crippen molar-refractivity contribution in [2.75, 3.05) is 29.6 Å². The van der Waals surface area contributed by atoms with Gasteiger partial charge in [0.2, 0.25) is 16.9 Å². The molecule has 2 aromatic carbocycles. The topological polar surface area (TPSA) is 110 Å². The number of nitrogens with two attached hydrogens (primary N) is 1. The molecule has 3 N–H and O–H groups in total. The van der Waals surface area contributed by atoms with Crippen LogP contribution in [0.5, 0.6) is 5.75 Å². The van der Waals surface area contributed by atoms with Gasteiger partial charge in [0.1, 0.15) is 5.75 Å². The molecule has 1 heterocycles. The third-order valence-corrected chi connectivity index (χ3v) is 5.98. The van der Waals surface area contributed by atoms with Gasteiger partial charge in [0.25, 0.3) is 0 Å². The number of hydrogen-bond donors (Lipinski definition) is 2. The predicted molar refractivity (Wildman–Crippen MR) is 120 cm³/mol. The highest BCUT2D eigenvalue weighted by molar-refractivity contribution is 8.01. The molecule has 0 aliphatic carbocycles. The average molecular weight is 444 g/mol. The standard InChI is InChI=1S/C20H21N5O3S2/c1-28-16-10-6-5-9-15(16)22-19-23-24-20(30-19)29-13-18(27)25(12-11-17(21)26)14-7-3-2-4-8-14/h2-10H,11-13H2,1H3,(H2,21,26)(H,22,23). The quantitative estimate of drug-likeness (QED) is 0.463. The lowest BCUT2D eigenvalue weighted by molar-refractivity contribution is -0.118. The Morgan fingerprint density at radius 2 is 1.87 bits per heavy atom. The van der Waals surface area contributed by atoms with E-state index in [0.717, 1.165) is 11.4 Å². The number of thioether (sulfide) groups is 1. The van der Waals surface area contributed by atoms with Gasteiger partial charge in [-0.3, -0.25) is 9.59 Å². The second kappa shape index (κ2) is 10.6. The molecular weight excluding hydrogens is 422 g/mol. The number of aromatic nitrogens is 2. The van der Waals surface area contributed by atoms with Crippen LogP contribution in [-0.2, 0) is 9.59 Å². The van der Waals surface area contributed by atoms with E-state index in [1.807, 2.05) is 54.6 Å². The summed E-state index contributed by atoms with van der Waals surface area (Å²) in [5, 5.41) is 12.0. The lowest BCUT2D eigenvalue weighted by Gasteiger charge is -2.22. The third kappa shape index (κ3) is 5.94. The highest BCUT2D eigenvalue weighted by Gasteiger charge is 2.18. The second-order valence-electron chi connectivity index (χ2n) is 6.08. The number of benzene rings is 2. The summed E-state index contributed by atoms with van der Waals surface area (Å²) in [5.74, 6) is 0.274. The minimum absolute atomic E-state index is 0.0943. The maximum absolute atomic E-state index is 12.8. The normalized spacial score (nSPS) is 10.4. The number of anilines is 3. The zero-order valence-electron chi connectivity index (χ0n) is 16.3. The summed E-state index contributed by atoms with van der Waals surface area (Å²) in [4.78, 5) is 25.5. The van der Waals surface area contributed by atoms with E-state index in [9.17, 15) is 9.59 Å². The van der Waals surface area contributed by atoms with Gasteiger partial charge in [-0.2, -0.15) is 0 Å². The Morgan fingerprint density at radius 3 is 2.60 bits per heavy atom. The molecule has 0 fully saturated rings. The van der Waals surface area contributed by atoms with E-state index in [4.69, 9.17) is 10.5 Å². The number of carbonyl (C=O) groups excluding carboxylic acids is 2. The molecule has 0 aliphatic heterocycles. The Hall–Kier alpha value is -3.11. The van der Waals surface area contributed by atoms with E-state index < -0.39 is 5.91 Å². The van der Waals surface area contributed by atoms with Gasteiger partial charge in [0, 0.05) is 18.7 Å². The molecule has 0 radical (unpaired) electrons. The number of rotatable bonds is 10. The zero-order valence-corrected chi connectivity index (χ0v) is 17.9. The highest BCUT2D eigenvalue weighted by Crippen LogP contribution is 2.31. The Kier molecular flexibility index (Phi) is 7.63. The molecule has 156 valence electrons. The summed E-state index contributed by atoms with van der Waals surface area (Å²) in [6.07, 6.45) is 0.0943. The van der Waals surface area contributed by atoms with Crippen LogP contribution in [0, 0.1) is 0 Å². The maximum atomic E-state index is 12.8. The lowest BCUT2D eigenvalue weighted by Crippen LogP contribution is -2.35. The lowest BCUT2D eigenvalue weighted by atomic mass is 10.2. The second-order valence-corrected chi connectivity index (χ2v) is 8.28. The van der Waals surface area contributed by atoms with Crippen molar-refractivity contribution in [1.82, 2.24) is 10.2 Å². The Bertz CT molecular complexity index is 997. The van der Waals surface area contributed by atoms with Crippen LogP contribution >= 0.6 is 23.1 Å². The van der Waals surface area contributed by atoms with Crippen LogP contribution in [0.3, 0.4) is 0 Å². The summed E-state index contributed by atoms with van der Waals surface area (Å²) < 4.78 is 5.97. The molecule has 0 saturated heterocycles. The summed E-state index contributed by atoms with van der Waals surface area (Å²) in [5.41, 5.74) is 6.76. The molecule has 2 amide bonds. The third-order valence-electron chi connectivity index (χ3n) is 4.02. The first kappa shape index (κ1) is 21.6. The van der Waals surface area contributed by atoms with E-state index in [-0.39, 0.29) is 24.6 Å². The van der Waals surface area contributed by atoms with Gasteiger partial charge < -0.3 is 20.7 Å². The van der Waals surface area contributed by atoms with Gasteiger partial charge in [0.15, 0.2) is 4.34 Å². The number of primary amides is 1. The zero-order chi connectivity index (χ0) is 21.3. The first-order chi connectivity index (χ1) is 14.6. The number of amides is 2. The fraction of sp³-hybridized carbons (Fsp3) is 0.200. The van der Waals surface area contributed by atoms with Crippen LogP contribution < -0.4 is 20.7 Å². The molecular formula is C20H21N5O3S2. The monoisotopic (exact) mass is 443 g/mol. The van der Waals surface area contributed by atoms with Crippen LogP contribution in [0.2, 0.25) is 0 Å². The smallest absolute Gasteiger partial charge is 0.237 e. The molecule has 10 heteroatoms. The van der Waals surface area contributed by atoms with Crippen molar-refractivity contribution in [1.29, 1.82) is 0 Å². The van der Waals surface area contributed by atoms with Crippen molar-refractivity contribution in [3.8, 4) is 5.75 Å². The van der Waals surface area contributed by atoms with Crippen molar-refractivity contribution in [2.45, 2.75) is 10.8 Å². The molecule has 30 heavy (non-hydrogen) atoms. The van der Waals surface area contributed by atoms with E-state index in [1.165, 1.54) is 23.1 Å². The van der Waals surface area contributed by atoms with Crippen LogP contribution in [0.4, 0.5) is 16.5 Å². The van der Waals surface area contributed by atoms with Crippen LogP contribution in [-0.4, -0.2) is 41.4 Å². The summed E-state index contributed by atoms with van der Waals surface area (Å²) in [6.45, 7) is 0.232. The average Bonchev–Trinajstić information content (AvgIpc) is 3.20. The van der Waals surface area contributed by atoms with E-state index in [1.54, 1.807) is 12.0 Å². The number of ether oxygens (including phenoxy) is 1. The van der Waals surface area contributed by atoms with E-state index >= 15 is 0 Å². The molecule has 3 aromatic rings. The predicted octanol–water partition coefficient (Wildman–Crippen LogP) is 3.29. The maximum Gasteiger partial charge on any atom is 0.237 e. The fourth-order valence-corrected chi connectivity index (χ4v) is 4.25. The largest absolute Gasteiger partial charge is 0.495 e. The number of methoxy groups -OCH3 is 1. The number of hydrogen-bond acceptors (Lipinski definition) is 8. The first-order valence-electron chi connectivity index (χ1n) is 9.07. The molecule has 0 atom stereocenters. The molecule has 1 aromatic heterocycles. The van der Waals surface area contributed by atoms with Gasteiger partial charge in [-0.05, 0) is 24.3 Å². The summed E-state index contributed by atoms with van der Waals surface area (Å²) in [6, 6.07) is 16.7. The fourth-order valence-electron chi connectivity index (χ4n) is 2.61. The number of nitrogens with one attached hydrogen (secondary N) is 1. The SMILES string of the molecule is COc1ccccc1Nc1nnc(SCC(=O)N(CCC(N)=O)c2ccccc2)s1. The molecule has 0 spiro atoms. The number of para-hydroxylation sites is 3. The van der Waals surface area contributed by atoms with Crippen LogP contribution in [0.15, 0.2) is 58.9 Å². The number of nitrogens with zero attached hydrogens (tertiary/aromatic N) is 3. The van der Waals surface area contributed by atoms with Gasteiger partial charge in [-0.15, -0.1) is 10.2 Å². The Morgan fingerprint density at radius 1 is 1.13 bits per heavy atom. The highest BCUT2D eigenvalue weighted by atomic mass is 32.2. The van der Waals surface area contributed by atoms with Crippen molar-refractivity contribution < 1.29 is 14.3 Å². The molecule has 3 rings (SSSR count). The van der Waals surface area contributed by atoms with Gasteiger partial charge in [-0.25, -0.2) is 0 Å². The van der Waals surface area contributed by atoms with E-state index in [0.29, 0.717) is 15.2 Å². The van der Waals surface area contributed by atoms with Crippen LogP contribution in [0.1, 0.15) is 6.42 Å². The molecule has 0 aliphatic rings. The molecule has 0 saturated carbocycles. The Labute approximate surface area is 182 Å². The molecule has 8 nitrogen and oxygen atoms in total. The minimum atomic E-state index is -0.451. The van der Waals surface area contributed by atoms with Crippen LogP contribution in [0.25, 0.3) is 0 Å². The van der Waals surface area contributed by atoms with E-state index in [2.05, 4.69) is 15.5 Å². The van der Waals surface area contributed by atoms with Crippen molar-refractivity contribution in [3.05, 3.63) is 54.6 Å². The summed E-state index contributed by atoms with van der Waals surface area (Å²) in [7, 11) is 1.60. The van der Waals surface area contributed by atoms with Gasteiger partial charge >= 0.3 is 0 Å². The van der Waals surface area contributed by atoms with Crippen molar-refractivity contribution in [3.63, 3.8) is 0 Å². The van der Waals surface area contributed by atoms with Crippen molar-refractivity contribution in [2.24, 2.45) is 5.73 Å². The Balaban J connectivity index is 1.62. The first-order valence-corrected chi connectivity index (χ1v) is 10.9. The molecule has 0 unspecified atom stereocenters. The minimum Gasteiger partial charge on any atom is -0.495 e. The van der Waals surface area contributed by atoms with Crippen molar-refractivity contribution >= 4 is 51.4 Å². The summed E-state index contributed by atoms with van der Waals surface area (Å²) >= 11 is 2.64. The number of carbonyl (C=O) groups is 2. The van der Waals surface area contributed by atoms with Gasteiger partial charge in [-0.1, -0.05) is 53.4 Å². The molecule has 0 bridgehead atoms.